The van der Waals surface area contributed by atoms with Crippen LogP contribution < -0.4 is 0 Å². The first kappa shape index (κ1) is 12.4. The fourth-order valence-electron chi connectivity index (χ4n) is 2.48. The largest absolute Gasteiger partial charge is 0.394 e. The van der Waals surface area contributed by atoms with Crippen LogP contribution in [0.2, 0.25) is 0 Å². The molecule has 1 aliphatic carbocycles. The average molecular weight is 256 g/mol. The fraction of sp³-hybridized carbons (Fsp3) is 0.250. The number of aliphatic hydroxyl groups excluding tert-OH is 2. The molecule has 0 spiro atoms. The van der Waals surface area contributed by atoms with Gasteiger partial charge >= 0.3 is 0 Å². The molecule has 0 fully saturated rings. The van der Waals surface area contributed by atoms with E-state index in [4.69, 9.17) is 9.84 Å². The number of hydrogen-bond acceptors (Lipinski definition) is 3. The lowest BCUT2D eigenvalue weighted by molar-refractivity contribution is -0.0141. The van der Waals surface area contributed by atoms with E-state index in [0.29, 0.717) is 0 Å². The monoisotopic (exact) mass is 256 g/mol. The maximum Gasteiger partial charge on any atom is 0.102 e. The van der Waals surface area contributed by atoms with Gasteiger partial charge in [-0.3, -0.25) is 0 Å². The molecule has 0 amide bonds. The summed E-state index contributed by atoms with van der Waals surface area (Å²) < 4.78 is 5.69. The third kappa shape index (κ3) is 2.28. The molecule has 2 aromatic rings. The third-order valence-corrected chi connectivity index (χ3v) is 3.41. The number of aliphatic hydroxyl groups is 2. The molecule has 2 aromatic carbocycles. The van der Waals surface area contributed by atoms with E-state index < -0.39 is 6.10 Å². The standard InChI is InChI=1S/C16H16O3/c17-9-13(18)10-19-15-8-7-12-4-1-3-11-5-2-6-14(15)16(11)12/h1-8,13,15,17-18H,9-10H2. The minimum atomic E-state index is -0.829. The molecule has 1 aliphatic rings. The molecule has 0 bridgehead atoms. The van der Waals surface area contributed by atoms with Crippen molar-refractivity contribution in [2.45, 2.75) is 12.2 Å². The van der Waals surface area contributed by atoms with Gasteiger partial charge in [0.15, 0.2) is 0 Å². The van der Waals surface area contributed by atoms with Crippen LogP contribution in [0, 0.1) is 0 Å². The van der Waals surface area contributed by atoms with E-state index >= 15 is 0 Å². The molecule has 0 aromatic heterocycles. The minimum Gasteiger partial charge on any atom is -0.394 e. The molecule has 0 saturated heterocycles. The van der Waals surface area contributed by atoms with Gasteiger partial charge < -0.3 is 14.9 Å². The molecule has 2 unspecified atom stereocenters. The molecule has 0 heterocycles. The Hall–Kier alpha value is -1.68. The maximum atomic E-state index is 9.38. The van der Waals surface area contributed by atoms with Gasteiger partial charge in [0, 0.05) is 0 Å². The highest BCUT2D eigenvalue weighted by atomic mass is 16.5. The summed E-state index contributed by atoms with van der Waals surface area (Å²) in [7, 11) is 0. The van der Waals surface area contributed by atoms with Crippen molar-refractivity contribution in [2.24, 2.45) is 0 Å². The van der Waals surface area contributed by atoms with E-state index in [0.717, 1.165) is 5.56 Å². The number of hydrogen-bond donors (Lipinski definition) is 2. The third-order valence-electron chi connectivity index (χ3n) is 3.41. The summed E-state index contributed by atoms with van der Waals surface area (Å²) in [6, 6.07) is 12.4. The fourth-order valence-corrected chi connectivity index (χ4v) is 2.48. The van der Waals surface area contributed by atoms with Crippen molar-refractivity contribution in [3.8, 4) is 0 Å². The van der Waals surface area contributed by atoms with E-state index in [2.05, 4.69) is 18.2 Å². The van der Waals surface area contributed by atoms with Crippen LogP contribution >= 0.6 is 0 Å². The van der Waals surface area contributed by atoms with Crippen molar-refractivity contribution < 1.29 is 14.9 Å². The van der Waals surface area contributed by atoms with E-state index in [9.17, 15) is 5.11 Å². The Kier molecular flexibility index (Phi) is 3.34. The lowest BCUT2D eigenvalue weighted by Crippen LogP contribution is -2.21. The van der Waals surface area contributed by atoms with Gasteiger partial charge in [0.05, 0.1) is 13.2 Å². The maximum absolute atomic E-state index is 9.38. The van der Waals surface area contributed by atoms with Gasteiger partial charge in [0.1, 0.15) is 12.2 Å². The minimum absolute atomic E-state index is 0.129. The van der Waals surface area contributed by atoms with Gasteiger partial charge in [-0.15, -0.1) is 0 Å². The Balaban J connectivity index is 1.95. The van der Waals surface area contributed by atoms with E-state index in [1.54, 1.807) is 0 Å². The molecule has 98 valence electrons. The van der Waals surface area contributed by atoms with Crippen LogP contribution in [-0.4, -0.2) is 29.5 Å². The topological polar surface area (TPSA) is 49.7 Å². The van der Waals surface area contributed by atoms with Gasteiger partial charge in [-0.25, -0.2) is 0 Å². The zero-order valence-corrected chi connectivity index (χ0v) is 10.5. The molecule has 0 radical (unpaired) electrons. The predicted molar refractivity (Wildman–Crippen MR) is 74.8 cm³/mol. The summed E-state index contributed by atoms with van der Waals surface area (Å²) in [6.07, 6.45) is 3.04. The molecule has 2 atom stereocenters. The van der Waals surface area contributed by atoms with Gasteiger partial charge in [0.2, 0.25) is 0 Å². The Labute approximate surface area is 111 Å². The average Bonchev–Trinajstić information content (AvgIpc) is 2.47. The number of benzene rings is 2. The van der Waals surface area contributed by atoms with E-state index in [-0.39, 0.29) is 19.3 Å². The zero-order valence-electron chi connectivity index (χ0n) is 10.5. The Morgan fingerprint density at radius 2 is 1.95 bits per heavy atom. The van der Waals surface area contributed by atoms with E-state index in [1.807, 2.05) is 30.4 Å². The van der Waals surface area contributed by atoms with E-state index in [1.165, 1.54) is 16.3 Å². The van der Waals surface area contributed by atoms with Crippen molar-refractivity contribution >= 4 is 16.8 Å². The van der Waals surface area contributed by atoms with Crippen molar-refractivity contribution in [2.75, 3.05) is 13.2 Å². The first-order valence-electron chi connectivity index (χ1n) is 6.40. The Bertz CT molecular complexity index is 613. The summed E-state index contributed by atoms with van der Waals surface area (Å²) in [5.74, 6) is 0. The summed E-state index contributed by atoms with van der Waals surface area (Å²) in [5.41, 5.74) is 2.30. The number of rotatable bonds is 4. The molecular formula is C16H16O3. The van der Waals surface area contributed by atoms with Crippen molar-refractivity contribution in [1.82, 2.24) is 0 Å². The van der Waals surface area contributed by atoms with Gasteiger partial charge in [-0.2, -0.15) is 0 Å². The van der Waals surface area contributed by atoms with Crippen molar-refractivity contribution in [3.63, 3.8) is 0 Å². The smallest absolute Gasteiger partial charge is 0.102 e. The van der Waals surface area contributed by atoms with Crippen LogP contribution in [0.3, 0.4) is 0 Å². The zero-order chi connectivity index (χ0) is 13.2. The molecule has 3 rings (SSSR count). The van der Waals surface area contributed by atoms with Crippen LogP contribution in [0.25, 0.3) is 16.8 Å². The predicted octanol–water partition coefficient (Wildman–Crippen LogP) is 2.28. The normalized spacial score (nSPS) is 18.7. The van der Waals surface area contributed by atoms with Crippen molar-refractivity contribution in [1.29, 1.82) is 0 Å². The summed E-state index contributed by atoms with van der Waals surface area (Å²) in [6.45, 7) is -0.152. The summed E-state index contributed by atoms with van der Waals surface area (Å²) >= 11 is 0. The SMILES string of the molecule is OCC(O)COC1C=Cc2cccc3cccc1c23. The van der Waals surface area contributed by atoms with Crippen LogP contribution in [0.15, 0.2) is 42.5 Å². The highest BCUT2D eigenvalue weighted by Gasteiger charge is 2.18. The van der Waals surface area contributed by atoms with Crippen LogP contribution in [-0.2, 0) is 4.74 Å². The van der Waals surface area contributed by atoms with Crippen LogP contribution in [0.5, 0.6) is 0 Å². The quantitative estimate of drug-likeness (QED) is 0.882. The van der Waals surface area contributed by atoms with Gasteiger partial charge in [-0.1, -0.05) is 48.6 Å². The molecule has 0 saturated carbocycles. The number of ether oxygens (including phenoxy) is 1. The van der Waals surface area contributed by atoms with Crippen LogP contribution in [0.1, 0.15) is 17.2 Å². The van der Waals surface area contributed by atoms with Gasteiger partial charge in [0.25, 0.3) is 0 Å². The lowest BCUT2D eigenvalue weighted by atomic mass is 9.91. The highest BCUT2D eigenvalue weighted by Crippen LogP contribution is 2.35. The second kappa shape index (κ2) is 5.13. The van der Waals surface area contributed by atoms with Crippen LogP contribution in [0.4, 0.5) is 0 Å². The first-order chi connectivity index (χ1) is 9.29. The van der Waals surface area contributed by atoms with Gasteiger partial charge in [-0.05, 0) is 21.9 Å². The molecule has 19 heavy (non-hydrogen) atoms. The lowest BCUT2D eigenvalue weighted by Gasteiger charge is -2.22. The molecule has 0 aliphatic heterocycles. The highest BCUT2D eigenvalue weighted by molar-refractivity contribution is 5.95. The first-order valence-corrected chi connectivity index (χ1v) is 6.40. The molecular weight excluding hydrogens is 240 g/mol. The molecule has 3 nitrogen and oxygen atoms in total. The Morgan fingerprint density at radius 3 is 2.74 bits per heavy atom. The Morgan fingerprint density at radius 1 is 1.16 bits per heavy atom. The second-order valence-corrected chi connectivity index (χ2v) is 4.74. The molecule has 2 N–H and O–H groups in total. The second-order valence-electron chi connectivity index (χ2n) is 4.74. The summed E-state index contributed by atoms with van der Waals surface area (Å²) in [4.78, 5) is 0. The van der Waals surface area contributed by atoms with Crippen molar-refractivity contribution in [3.05, 3.63) is 53.6 Å². The molecule has 3 heteroatoms. The summed E-state index contributed by atoms with van der Waals surface area (Å²) in [5, 5.41) is 20.6.